The Morgan fingerprint density at radius 3 is 2.71 bits per heavy atom. The van der Waals surface area contributed by atoms with Gasteiger partial charge in [0.05, 0.1) is 10.2 Å². The summed E-state index contributed by atoms with van der Waals surface area (Å²) in [6.45, 7) is 1.33. The highest BCUT2D eigenvalue weighted by Crippen LogP contribution is 2.35. The molecular formula is C20H21N3O5S3. The van der Waals surface area contributed by atoms with Crippen molar-refractivity contribution in [3.8, 4) is 11.5 Å². The van der Waals surface area contributed by atoms with E-state index in [1.54, 1.807) is 17.5 Å². The highest BCUT2D eigenvalue weighted by molar-refractivity contribution is 7.91. The van der Waals surface area contributed by atoms with Crippen LogP contribution >= 0.6 is 22.7 Å². The van der Waals surface area contributed by atoms with E-state index in [0.29, 0.717) is 42.5 Å². The predicted octanol–water partition coefficient (Wildman–Crippen LogP) is 2.74. The lowest BCUT2D eigenvalue weighted by atomic mass is 10.0. The standard InChI is InChI=1S/C20H21N3O5S3/c1-22-14-11-15-16(28-9-8-27-15)12-17(14)30-20(22)21-19(24)13-5-2-3-7-23(13)31(25,26)18-6-4-10-29-18/h4,6,10-13H,2-3,5,7-9H2,1H3. The fraction of sp³-hybridized carbons (Fsp3) is 0.400. The number of thiazole rings is 1. The minimum atomic E-state index is -3.72. The van der Waals surface area contributed by atoms with Crippen LogP contribution in [0.4, 0.5) is 0 Å². The highest BCUT2D eigenvalue weighted by Gasteiger charge is 2.38. The number of benzene rings is 1. The molecule has 1 atom stereocenters. The van der Waals surface area contributed by atoms with Crippen LogP contribution in [0.3, 0.4) is 0 Å². The van der Waals surface area contributed by atoms with Crippen LogP contribution in [-0.4, -0.2) is 49.0 Å². The maximum atomic E-state index is 13.2. The maximum absolute atomic E-state index is 13.2. The average Bonchev–Trinajstić information content (AvgIpc) is 3.42. The summed E-state index contributed by atoms with van der Waals surface area (Å²) in [7, 11) is -1.88. The first-order chi connectivity index (χ1) is 14.9. The number of nitrogens with zero attached hydrogens (tertiary/aromatic N) is 3. The summed E-state index contributed by atoms with van der Waals surface area (Å²) in [5, 5.41) is 1.72. The van der Waals surface area contributed by atoms with Crippen molar-refractivity contribution < 1.29 is 22.7 Å². The first-order valence-corrected chi connectivity index (χ1v) is 13.1. The van der Waals surface area contributed by atoms with Crippen molar-refractivity contribution in [2.45, 2.75) is 29.5 Å². The van der Waals surface area contributed by atoms with E-state index < -0.39 is 22.0 Å². The van der Waals surface area contributed by atoms with E-state index in [4.69, 9.17) is 9.47 Å². The van der Waals surface area contributed by atoms with Crippen LogP contribution in [0.2, 0.25) is 0 Å². The van der Waals surface area contributed by atoms with E-state index in [1.807, 2.05) is 23.7 Å². The van der Waals surface area contributed by atoms with Crippen LogP contribution < -0.4 is 14.3 Å². The summed E-state index contributed by atoms with van der Waals surface area (Å²) in [4.78, 5) is 18.0. The second-order valence-corrected chi connectivity index (χ2v) is 11.5. The van der Waals surface area contributed by atoms with Gasteiger partial charge in [-0.3, -0.25) is 4.79 Å². The minimum Gasteiger partial charge on any atom is -0.486 e. The van der Waals surface area contributed by atoms with Crippen LogP contribution in [0, 0.1) is 0 Å². The van der Waals surface area contributed by atoms with E-state index in [9.17, 15) is 13.2 Å². The van der Waals surface area contributed by atoms with E-state index in [1.165, 1.54) is 15.6 Å². The zero-order chi connectivity index (χ0) is 21.6. The molecule has 31 heavy (non-hydrogen) atoms. The fourth-order valence-electron chi connectivity index (χ4n) is 3.91. The Hall–Kier alpha value is -2.21. The Morgan fingerprint density at radius 2 is 1.97 bits per heavy atom. The third-order valence-electron chi connectivity index (χ3n) is 5.48. The Labute approximate surface area is 187 Å². The molecule has 0 saturated carbocycles. The van der Waals surface area contributed by atoms with Crippen molar-refractivity contribution in [1.29, 1.82) is 0 Å². The lowest BCUT2D eigenvalue weighted by Gasteiger charge is -2.31. The molecule has 1 amide bonds. The molecule has 0 N–H and O–H groups in total. The van der Waals surface area contributed by atoms with Gasteiger partial charge >= 0.3 is 0 Å². The van der Waals surface area contributed by atoms with Crippen LogP contribution in [0.25, 0.3) is 10.2 Å². The van der Waals surface area contributed by atoms with Crippen molar-refractivity contribution in [3.05, 3.63) is 34.4 Å². The first kappa shape index (κ1) is 20.7. The van der Waals surface area contributed by atoms with Gasteiger partial charge in [-0.2, -0.15) is 9.30 Å². The lowest BCUT2D eigenvalue weighted by Crippen LogP contribution is -2.47. The fourth-order valence-corrected chi connectivity index (χ4v) is 7.71. The number of piperidine rings is 1. The topological polar surface area (TPSA) is 90.2 Å². The van der Waals surface area contributed by atoms with Crippen LogP contribution in [0.1, 0.15) is 19.3 Å². The van der Waals surface area contributed by atoms with Gasteiger partial charge in [-0.05, 0) is 24.3 Å². The molecule has 1 unspecified atom stereocenters. The number of fused-ring (bicyclic) bond motifs is 2. The number of hydrogen-bond acceptors (Lipinski definition) is 7. The van der Waals surface area contributed by atoms with E-state index in [-0.39, 0.29) is 4.21 Å². The molecule has 0 bridgehead atoms. The van der Waals surface area contributed by atoms with Crippen LogP contribution in [-0.2, 0) is 21.9 Å². The zero-order valence-corrected chi connectivity index (χ0v) is 19.3. The first-order valence-electron chi connectivity index (χ1n) is 9.98. The zero-order valence-electron chi connectivity index (χ0n) is 16.8. The van der Waals surface area contributed by atoms with Crippen molar-refractivity contribution in [2.24, 2.45) is 12.0 Å². The third kappa shape index (κ3) is 3.69. The van der Waals surface area contributed by atoms with Crippen molar-refractivity contribution in [2.75, 3.05) is 19.8 Å². The number of aromatic nitrogens is 1. The van der Waals surface area contributed by atoms with Gasteiger partial charge in [0.15, 0.2) is 16.3 Å². The Kier molecular flexibility index (Phi) is 5.37. The van der Waals surface area contributed by atoms with Crippen molar-refractivity contribution >= 4 is 48.8 Å². The molecule has 4 heterocycles. The summed E-state index contributed by atoms with van der Waals surface area (Å²) >= 11 is 2.53. The molecule has 2 aliphatic rings. The predicted molar refractivity (Wildman–Crippen MR) is 118 cm³/mol. The number of ether oxygens (including phenoxy) is 2. The van der Waals surface area contributed by atoms with Crippen molar-refractivity contribution in [1.82, 2.24) is 8.87 Å². The monoisotopic (exact) mass is 479 g/mol. The van der Waals surface area contributed by atoms with Gasteiger partial charge in [-0.15, -0.1) is 11.3 Å². The van der Waals surface area contributed by atoms with Gasteiger partial charge in [0, 0.05) is 25.7 Å². The molecule has 0 spiro atoms. The maximum Gasteiger partial charge on any atom is 0.266 e. The summed E-state index contributed by atoms with van der Waals surface area (Å²) < 4.78 is 41.8. The number of sulfonamides is 1. The average molecular weight is 480 g/mol. The Morgan fingerprint density at radius 1 is 1.19 bits per heavy atom. The van der Waals surface area contributed by atoms with Gasteiger partial charge in [-0.25, -0.2) is 8.42 Å². The number of thiophene rings is 1. The van der Waals surface area contributed by atoms with Crippen LogP contribution in [0.5, 0.6) is 11.5 Å². The lowest BCUT2D eigenvalue weighted by molar-refractivity contribution is -0.122. The molecule has 11 heteroatoms. The summed E-state index contributed by atoms with van der Waals surface area (Å²) in [5.41, 5.74) is 0.882. The van der Waals surface area contributed by atoms with Gasteiger partial charge in [-0.1, -0.05) is 23.8 Å². The quantitative estimate of drug-likeness (QED) is 0.576. The van der Waals surface area contributed by atoms with E-state index in [2.05, 4.69) is 4.99 Å². The van der Waals surface area contributed by atoms with Gasteiger partial charge in [0.2, 0.25) is 0 Å². The molecule has 1 saturated heterocycles. The van der Waals surface area contributed by atoms with Gasteiger partial charge < -0.3 is 14.0 Å². The highest BCUT2D eigenvalue weighted by atomic mass is 32.2. The number of aryl methyl sites for hydroxylation is 1. The minimum absolute atomic E-state index is 0.255. The largest absolute Gasteiger partial charge is 0.486 e. The molecule has 2 aromatic heterocycles. The van der Waals surface area contributed by atoms with Gasteiger partial charge in [0.1, 0.15) is 23.5 Å². The van der Waals surface area contributed by atoms with Crippen molar-refractivity contribution in [3.63, 3.8) is 0 Å². The Balaban J connectivity index is 1.52. The summed E-state index contributed by atoms with van der Waals surface area (Å²) in [6.07, 6.45) is 2.00. The smallest absolute Gasteiger partial charge is 0.266 e. The SMILES string of the molecule is Cn1c(=NC(=O)C2CCCCN2S(=O)(=O)c2cccs2)sc2cc3c(cc21)OCCO3. The normalized spacial score (nSPS) is 20.3. The number of amides is 1. The molecule has 0 radical (unpaired) electrons. The summed E-state index contributed by atoms with van der Waals surface area (Å²) in [5.74, 6) is 0.920. The second-order valence-electron chi connectivity index (χ2n) is 7.42. The summed E-state index contributed by atoms with van der Waals surface area (Å²) in [6, 6.07) is 6.27. The molecule has 0 aliphatic carbocycles. The molecule has 1 aromatic carbocycles. The molecule has 2 aliphatic heterocycles. The van der Waals surface area contributed by atoms with E-state index in [0.717, 1.165) is 34.4 Å². The second kappa shape index (κ2) is 8.05. The number of carbonyl (C=O) groups is 1. The molecule has 164 valence electrons. The van der Waals surface area contributed by atoms with E-state index >= 15 is 0 Å². The number of rotatable bonds is 3. The number of carbonyl (C=O) groups excluding carboxylic acids is 1. The Bertz CT molecular complexity index is 1310. The number of hydrogen-bond donors (Lipinski definition) is 0. The molecule has 5 rings (SSSR count). The molecular weight excluding hydrogens is 458 g/mol. The molecule has 1 fully saturated rings. The molecule has 3 aromatic rings. The van der Waals surface area contributed by atoms with Gasteiger partial charge in [0.25, 0.3) is 15.9 Å². The third-order valence-corrected chi connectivity index (χ3v) is 9.85. The molecule has 8 nitrogen and oxygen atoms in total. The van der Waals surface area contributed by atoms with Crippen LogP contribution in [0.15, 0.2) is 38.8 Å².